The van der Waals surface area contributed by atoms with Gasteiger partial charge in [0.2, 0.25) is 11.8 Å². The topological polar surface area (TPSA) is 79.2 Å². The number of nitrogens with zero attached hydrogens (tertiary/aromatic N) is 4. The number of rotatable bonds is 9. The molecule has 188 valence electrons. The lowest BCUT2D eigenvalue weighted by atomic mass is 10.2. The van der Waals surface area contributed by atoms with Crippen molar-refractivity contribution >= 4 is 62.3 Å². The Balaban J connectivity index is 1.72. The van der Waals surface area contributed by atoms with E-state index in [1.165, 1.54) is 4.90 Å². The van der Waals surface area contributed by atoms with Gasteiger partial charge in [0.25, 0.3) is 0 Å². The van der Waals surface area contributed by atoms with Crippen LogP contribution in [0.1, 0.15) is 25.1 Å². The van der Waals surface area contributed by atoms with Crippen LogP contribution in [0.5, 0.6) is 5.75 Å². The van der Waals surface area contributed by atoms with Crippen molar-refractivity contribution in [1.82, 2.24) is 19.6 Å². The maximum absolute atomic E-state index is 12.7. The Bertz CT molecular complexity index is 1250. The summed E-state index contributed by atoms with van der Waals surface area (Å²) in [5.74, 6) is 0.0238. The molecule has 0 bridgehead atoms. The normalized spacial score (nSPS) is 11.4. The van der Waals surface area contributed by atoms with Crippen molar-refractivity contribution in [1.29, 1.82) is 0 Å². The number of hydrogen-bond acceptors (Lipinski definition) is 5. The van der Waals surface area contributed by atoms with Gasteiger partial charge in [-0.1, -0.05) is 23.2 Å². The maximum Gasteiger partial charge on any atom is 0.246 e. The van der Waals surface area contributed by atoms with Gasteiger partial charge < -0.3 is 15.0 Å². The maximum atomic E-state index is 12.7. The van der Waals surface area contributed by atoms with Crippen LogP contribution >= 0.6 is 39.1 Å². The molecular weight excluding hydrogens is 557 g/mol. The second-order valence-electron chi connectivity index (χ2n) is 8.44. The third-order valence-corrected chi connectivity index (χ3v) is 7.43. The molecule has 0 saturated heterocycles. The molecule has 1 N–H and O–H groups in total. The summed E-state index contributed by atoms with van der Waals surface area (Å²) < 4.78 is 8.75. The quantitative estimate of drug-likeness (QED) is 0.394. The van der Waals surface area contributed by atoms with Crippen LogP contribution in [0.3, 0.4) is 0 Å². The van der Waals surface area contributed by atoms with E-state index in [0.717, 1.165) is 10.3 Å². The highest BCUT2D eigenvalue weighted by Gasteiger charge is 2.20. The molecule has 1 aromatic carbocycles. The number of pyridine rings is 1. The fraction of sp³-hybridized carbons (Fsp3) is 0.375. The summed E-state index contributed by atoms with van der Waals surface area (Å²) in [7, 11) is 3.45. The van der Waals surface area contributed by atoms with Gasteiger partial charge in [0.05, 0.1) is 29.5 Å². The number of nitrogens with one attached hydrogen (secondary N) is 1. The van der Waals surface area contributed by atoms with Gasteiger partial charge in [-0.3, -0.25) is 18.9 Å². The molecule has 0 atom stereocenters. The first kappa shape index (κ1) is 27.3. The predicted molar refractivity (Wildman–Crippen MR) is 143 cm³/mol. The Kier molecular flexibility index (Phi) is 9.04. The summed E-state index contributed by atoms with van der Waals surface area (Å²) in [5.41, 5.74) is 2.50. The first-order chi connectivity index (χ1) is 16.5. The number of anilines is 1. The number of fused-ring (bicyclic) bond motifs is 1. The number of carbonyl (C=O) groups is 2. The van der Waals surface area contributed by atoms with E-state index >= 15 is 0 Å². The molecule has 8 nitrogen and oxygen atoms in total. The zero-order valence-corrected chi connectivity index (χ0v) is 23.3. The van der Waals surface area contributed by atoms with E-state index in [0.29, 0.717) is 32.7 Å². The van der Waals surface area contributed by atoms with Crippen molar-refractivity contribution in [2.24, 2.45) is 0 Å². The first-order valence-corrected chi connectivity index (χ1v) is 12.5. The van der Waals surface area contributed by atoms with E-state index in [2.05, 4.69) is 26.2 Å². The number of amides is 2. The standard InChI is InChI=1S/C24H28BrCl2N5O3/c1-14(2)30(4)12-20(33)28-11-21(34)31(5)18-9-8-17(26)16(22(18)27)13-35-19-7-6-10-32-23(25)15(3)29-24(19)32/h6-10,14H,11-13H2,1-5H3,(H,28,33). The third kappa shape index (κ3) is 6.27. The number of halogens is 3. The zero-order valence-electron chi connectivity index (χ0n) is 20.2. The highest BCUT2D eigenvalue weighted by Crippen LogP contribution is 2.35. The molecule has 0 spiro atoms. The Morgan fingerprint density at radius 2 is 1.94 bits per heavy atom. The minimum Gasteiger partial charge on any atom is -0.485 e. The number of aromatic nitrogens is 2. The smallest absolute Gasteiger partial charge is 0.246 e. The van der Waals surface area contributed by atoms with E-state index in [1.807, 2.05) is 55.4 Å². The second kappa shape index (κ2) is 11.6. The number of imidazole rings is 1. The molecule has 35 heavy (non-hydrogen) atoms. The van der Waals surface area contributed by atoms with Crippen LogP contribution in [0.2, 0.25) is 10.0 Å². The van der Waals surface area contributed by atoms with E-state index in [4.69, 9.17) is 27.9 Å². The SMILES string of the molecule is Cc1nc2c(OCc3c(Cl)ccc(N(C)C(=O)CNC(=O)CN(C)C(C)C)c3Cl)cccn2c1Br. The molecular formula is C24H28BrCl2N5O3. The van der Waals surface area contributed by atoms with Crippen LogP contribution in [0, 0.1) is 6.92 Å². The van der Waals surface area contributed by atoms with E-state index in [9.17, 15) is 9.59 Å². The largest absolute Gasteiger partial charge is 0.485 e. The lowest BCUT2D eigenvalue weighted by molar-refractivity contribution is -0.125. The Labute approximate surface area is 223 Å². The van der Waals surface area contributed by atoms with Crippen molar-refractivity contribution in [3.63, 3.8) is 0 Å². The third-order valence-electron chi connectivity index (χ3n) is 5.70. The van der Waals surface area contributed by atoms with Crippen molar-refractivity contribution in [3.8, 4) is 5.75 Å². The summed E-state index contributed by atoms with van der Waals surface area (Å²) in [6.07, 6.45) is 1.88. The average Bonchev–Trinajstić information content (AvgIpc) is 3.11. The van der Waals surface area contributed by atoms with Gasteiger partial charge in [-0.05, 0) is 68.0 Å². The van der Waals surface area contributed by atoms with Gasteiger partial charge >= 0.3 is 0 Å². The molecule has 0 aliphatic carbocycles. The Morgan fingerprint density at radius 1 is 1.23 bits per heavy atom. The molecule has 0 radical (unpaired) electrons. The molecule has 0 aliphatic rings. The summed E-state index contributed by atoms with van der Waals surface area (Å²) in [6, 6.07) is 7.22. The number of hydrogen-bond donors (Lipinski definition) is 1. The van der Waals surface area contributed by atoms with Crippen molar-refractivity contribution in [3.05, 3.63) is 56.4 Å². The van der Waals surface area contributed by atoms with Gasteiger partial charge in [-0.15, -0.1) is 0 Å². The van der Waals surface area contributed by atoms with Crippen molar-refractivity contribution in [2.75, 3.05) is 32.1 Å². The Morgan fingerprint density at radius 3 is 2.63 bits per heavy atom. The van der Waals surface area contributed by atoms with Gasteiger partial charge in [-0.25, -0.2) is 4.98 Å². The highest BCUT2D eigenvalue weighted by molar-refractivity contribution is 9.10. The van der Waals surface area contributed by atoms with Gasteiger partial charge in [-0.2, -0.15) is 0 Å². The van der Waals surface area contributed by atoms with Gasteiger partial charge in [0.1, 0.15) is 11.2 Å². The monoisotopic (exact) mass is 583 g/mol. The molecule has 2 heterocycles. The Hall–Kier alpha value is -2.33. The van der Waals surface area contributed by atoms with E-state index in [-0.39, 0.29) is 37.6 Å². The van der Waals surface area contributed by atoms with Crippen molar-refractivity contribution < 1.29 is 14.3 Å². The lowest BCUT2D eigenvalue weighted by Gasteiger charge is -2.22. The summed E-state index contributed by atoms with van der Waals surface area (Å²) in [4.78, 5) is 32.7. The van der Waals surface area contributed by atoms with E-state index in [1.54, 1.807) is 19.2 Å². The van der Waals surface area contributed by atoms with Crippen molar-refractivity contribution in [2.45, 2.75) is 33.4 Å². The van der Waals surface area contributed by atoms with Crippen LogP contribution in [0.15, 0.2) is 35.1 Å². The summed E-state index contributed by atoms with van der Waals surface area (Å²) >= 11 is 16.6. The van der Waals surface area contributed by atoms with Crippen LogP contribution < -0.4 is 15.0 Å². The van der Waals surface area contributed by atoms with Gasteiger partial charge in [0.15, 0.2) is 11.4 Å². The van der Waals surface area contributed by atoms with Crippen LogP contribution in [-0.2, 0) is 16.2 Å². The minimum absolute atomic E-state index is 0.0784. The number of carbonyl (C=O) groups excluding carboxylic acids is 2. The molecule has 11 heteroatoms. The van der Waals surface area contributed by atoms with Crippen LogP contribution in [0.4, 0.5) is 5.69 Å². The highest BCUT2D eigenvalue weighted by atomic mass is 79.9. The molecule has 0 fully saturated rings. The lowest BCUT2D eigenvalue weighted by Crippen LogP contribution is -2.43. The number of benzene rings is 1. The minimum atomic E-state index is -0.316. The summed E-state index contributed by atoms with van der Waals surface area (Å²) in [5, 5.41) is 3.37. The first-order valence-electron chi connectivity index (χ1n) is 11.0. The molecule has 3 rings (SSSR count). The fourth-order valence-corrected chi connectivity index (χ4v) is 4.24. The summed E-state index contributed by atoms with van der Waals surface area (Å²) in [6.45, 7) is 6.02. The molecule has 2 amide bonds. The number of ether oxygens (including phenoxy) is 1. The number of aryl methyl sites for hydroxylation is 1. The molecule has 0 unspecified atom stereocenters. The molecule has 2 aromatic heterocycles. The molecule has 0 saturated carbocycles. The predicted octanol–water partition coefficient (Wildman–Crippen LogP) is 4.71. The second-order valence-corrected chi connectivity index (χ2v) is 9.98. The van der Waals surface area contributed by atoms with Crippen LogP contribution in [-0.4, -0.2) is 59.3 Å². The van der Waals surface area contributed by atoms with Crippen LogP contribution in [0.25, 0.3) is 5.65 Å². The molecule has 0 aliphatic heterocycles. The van der Waals surface area contributed by atoms with E-state index < -0.39 is 0 Å². The number of likely N-dealkylation sites (N-methyl/N-ethyl adjacent to an activating group) is 2. The average molecular weight is 585 g/mol. The van der Waals surface area contributed by atoms with Gasteiger partial charge in [0, 0.05) is 29.9 Å². The zero-order chi connectivity index (χ0) is 25.9. The molecule has 3 aromatic rings. The fourth-order valence-electron chi connectivity index (χ4n) is 3.26.